The van der Waals surface area contributed by atoms with Gasteiger partial charge in [0.15, 0.2) is 17.7 Å². The zero-order valence-electron chi connectivity index (χ0n) is 17.3. The highest BCUT2D eigenvalue weighted by atomic mass is 79.9. The molecule has 2 aromatic heterocycles. The van der Waals surface area contributed by atoms with Crippen molar-refractivity contribution in [2.24, 2.45) is 0 Å². The SMILES string of the molecule is C[C@@]1(O)[C@H](O)C(OP2(=O)OCCC(c3ccccc3Br)O2)O[C@H]1n1cnc2c(N)ncnc21. The van der Waals surface area contributed by atoms with E-state index in [0.717, 1.165) is 10.0 Å². The first-order valence-electron chi connectivity index (χ1n) is 10.0. The van der Waals surface area contributed by atoms with Crippen LogP contribution in [-0.4, -0.2) is 54.3 Å². The average molecular weight is 542 g/mol. The van der Waals surface area contributed by atoms with E-state index in [-0.39, 0.29) is 18.1 Å². The van der Waals surface area contributed by atoms with Crippen LogP contribution in [0.4, 0.5) is 5.82 Å². The molecule has 0 radical (unpaired) electrons. The summed E-state index contributed by atoms with van der Waals surface area (Å²) in [5.41, 5.74) is 5.33. The molecule has 12 nitrogen and oxygen atoms in total. The number of nitrogen functional groups attached to an aromatic ring is 1. The molecule has 3 unspecified atom stereocenters. The van der Waals surface area contributed by atoms with Crippen molar-refractivity contribution in [3.8, 4) is 0 Å². The third kappa shape index (κ3) is 3.98. The molecule has 2 fully saturated rings. The maximum absolute atomic E-state index is 13.3. The fourth-order valence-electron chi connectivity index (χ4n) is 3.87. The smallest absolute Gasteiger partial charge is 0.385 e. The average Bonchev–Trinajstić information content (AvgIpc) is 3.29. The van der Waals surface area contributed by atoms with Gasteiger partial charge in [-0.15, -0.1) is 0 Å². The standard InChI is InChI=1S/C19H21BrN5O7P/c1-19(27)14(26)17(30-18(19)25-9-24-13-15(21)22-8-23-16(13)25)32-33(28)29-7-6-12(31-33)10-4-2-3-5-11(10)20/h2-5,8-9,12,14,17-18,26-27H,6-7H2,1H3,(H2,21,22,23)/t12?,14-,17?,18-,19-,33?/m1/s1. The van der Waals surface area contributed by atoms with Crippen LogP contribution in [0.3, 0.4) is 0 Å². The molecular weight excluding hydrogens is 521 g/mol. The molecule has 33 heavy (non-hydrogen) atoms. The normalized spacial score (nSPS) is 34.7. The molecule has 0 bridgehead atoms. The Kier molecular flexibility index (Phi) is 5.78. The quantitative estimate of drug-likeness (QED) is 0.415. The molecule has 0 aliphatic carbocycles. The van der Waals surface area contributed by atoms with Crippen molar-refractivity contribution >= 4 is 40.7 Å². The number of ether oxygens (including phenoxy) is 1. The number of benzene rings is 1. The zero-order chi connectivity index (χ0) is 23.4. The third-order valence-corrected chi connectivity index (χ3v) is 7.83. The Bertz CT molecular complexity index is 1240. The molecule has 14 heteroatoms. The Labute approximate surface area is 196 Å². The Morgan fingerprint density at radius 1 is 1.33 bits per heavy atom. The summed E-state index contributed by atoms with van der Waals surface area (Å²) in [6, 6.07) is 7.37. The number of halogens is 1. The van der Waals surface area contributed by atoms with Crippen molar-refractivity contribution in [1.82, 2.24) is 19.5 Å². The number of phosphoric ester groups is 1. The van der Waals surface area contributed by atoms with E-state index in [2.05, 4.69) is 30.9 Å². The van der Waals surface area contributed by atoms with Crippen LogP contribution in [0.15, 0.2) is 41.4 Å². The van der Waals surface area contributed by atoms with Crippen molar-refractivity contribution in [1.29, 1.82) is 0 Å². The number of anilines is 1. The summed E-state index contributed by atoms with van der Waals surface area (Å²) in [7, 11) is -4.14. The first-order valence-corrected chi connectivity index (χ1v) is 12.3. The van der Waals surface area contributed by atoms with Gasteiger partial charge in [-0.3, -0.25) is 18.1 Å². The number of rotatable bonds is 4. The van der Waals surface area contributed by atoms with Gasteiger partial charge < -0.3 is 20.7 Å². The zero-order valence-corrected chi connectivity index (χ0v) is 19.8. The summed E-state index contributed by atoms with van der Waals surface area (Å²) in [4.78, 5) is 12.2. The lowest BCUT2D eigenvalue weighted by molar-refractivity contribution is -0.145. The molecule has 2 aliphatic rings. The van der Waals surface area contributed by atoms with Crippen LogP contribution in [0.1, 0.15) is 31.2 Å². The third-order valence-electron chi connectivity index (χ3n) is 5.63. The number of nitrogens with zero attached hydrogens (tertiary/aromatic N) is 4. The lowest BCUT2D eigenvalue weighted by Gasteiger charge is -2.31. The van der Waals surface area contributed by atoms with Crippen LogP contribution in [0.5, 0.6) is 0 Å². The molecule has 1 aromatic carbocycles. The molecule has 2 aliphatic heterocycles. The molecule has 0 spiro atoms. The number of aromatic nitrogens is 4. The monoisotopic (exact) mass is 541 g/mol. The summed E-state index contributed by atoms with van der Waals surface area (Å²) in [5, 5.41) is 21.8. The lowest BCUT2D eigenvalue weighted by atomic mass is 9.99. The predicted octanol–water partition coefficient (Wildman–Crippen LogP) is 2.44. The molecule has 2 saturated heterocycles. The van der Waals surface area contributed by atoms with Crippen molar-refractivity contribution in [3.05, 3.63) is 47.0 Å². The maximum atomic E-state index is 13.3. The highest BCUT2D eigenvalue weighted by molar-refractivity contribution is 9.10. The number of aliphatic hydroxyl groups excluding tert-OH is 1. The van der Waals surface area contributed by atoms with Crippen molar-refractivity contribution in [3.63, 3.8) is 0 Å². The topological polar surface area (TPSA) is 164 Å². The molecule has 3 aromatic rings. The van der Waals surface area contributed by atoms with Crippen LogP contribution in [-0.2, 0) is 22.9 Å². The van der Waals surface area contributed by atoms with Gasteiger partial charge in [-0.25, -0.2) is 19.5 Å². The van der Waals surface area contributed by atoms with Gasteiger partial charge in [0.2, 0.25) is 6.29 Å². The van der Waals surface area contributed by atoms with Gasteiger partial charge in [0, 0.05) is 10.9 Å². The number of fused-ring (bicyclic) bond motifs is 1. The Hall–Kier alpha value is -1.96. The minimum Gasteiger partial charge on any atom is -0.385 e. The molecule has 6 atom stereocenters. The molecule has 5 rings (SSSR count). The summed E-state index contributed by atoms with van der Waals surface area (Å²) in [6.45, 7) is 1.46. The number of nitrogens with two attached hydrogens (primary N) is 1. The van der Waals surface area contributed by atoms with E-state index in [1.165, 1.54) is 24.1 Å². The van der Waals surface area contributed by atoms with E-state index in [4.69, 9.17) is 24.0 Å². The number of phosphoric acid groups is 1. The first-order chi connectivity index (χ1) is 15.7. The van der Waals surface area contributed by atoms with Gasteiger partial charge in [-0.05, 0) is 18.6 Å². The van der Waals surface area contributed by atoms with Crippen molar-refractivity contribution in [2.45, 2.75) is 43.7 Å². The minimum atomic E-state index is -4.14. The molecule has 4 heterocycles. The predicted molar refractivity (Wildman–Crippen MR) is 118 cm³/mol. The van der Waals surface area contributed by atoms with Gasteiger partial charge in [-0.2, -0.15) is 0 Å². The van der Waals surface area contributed by atoms with E-state index < -0.39 is 38.1 Å². The van der Waals surface area contributed by atoms with E-state index in [1.807, 2.05) is 24.3 Å². The summed E-state index contributed by atoms with van der Waals surface area (Å²) >= 11 is 3.46. The van der Waals surface area contributed by atoms with Gasteiger partial charge in [0.1, 0.15) is 23.5 Å². The van der Waals surface area contributed by atoms with Gasteiger partial charge in [0.05, 0.1) is 19.0 Å². The number of hydrogen-bond acceptors (Lipinski definition) is 11. The van der Waals surface area contributed by atoms with E-state index in [0.29, 0.717) is 11.9 Å². The van der Waals surface area contributed by atoms with Crippen LogP contribution < -0.4 is 5.73 Å². The van der Waals surface area contributed by atoms with E-state index in [9.17, 15) is 14.8 Å². The lowest BCUT2D eigenvalue weighted by Crippen LogP contribution is -2.44. The second-order valence-electron chi connectivity index (χ2n) is 7.90. The van der Waals surface area contributed by atoms with E-state index in [1.54, 1.807) is 0 Å². The molecule has 0 saturated carbocycles. The van der Waals surface area contributed by atoms with Gasteiger partial charge in [0.25, 0.3) is 0 Å². The Morgan fingerprint density at radius 3 is 2.91 bits per heavy atom. The van der Waals surface area contributed by atoms with Crippen LogP contribution in [0, 0.1) is 0 Å². The van der Waals surface area contributed by atoms with E-state index >= 15 is 0 Å². The number of hydrogen-bond donors (Lipinski definition) is 3. The summed E-state index contributed by atoms with van der Waals surface area (Å²) in [6.07, 6.45) is -1.83. The first kappa shape index (κ1) is 22.8. The maximum Gasteiger partial charge on any atom is 0.477 e. The minimum absolute atomic E-state index is 0.105. The second-order valence-corrected chi connectivity index (χ2v) is 10.3. The highest BCUT2D eigenvalue weighted by Gasteiger charge is 2.57. The fraction of sp³-hybridized carbons (Fsp3) is 0.421. The Morgan fingerprint density at radius 2 is 2.12 bits per heavy atom. The molecular formula is C19H21BrN5O7P. The number of aliphatic hydroxyl groups is 2. The fourth-order valence-corrected chi connectivity index (χ4v) is 5.86. The highest BCUT2D eigenvalue weighted by Crippen LogP contribution is 2.60. The largest absolute Gasteiger partial charge is 0.477 e. The summed E-state index contributed by atoms with van der Waals surface area (Å²) < 4.78 is 37.7. The van der Waals surface area contributed by atoms with Crippen LogP contribution in [0.25, 0.3) is 11.2 Å². The van der Waals surface area contributed by atoms with Crippen molar-refractivity contribution in [2.75, 3.05) is 12.3 Å². The van der Waals surface area contributed by atoms with Gasteiger partial charge >= 0.3 is 7.82 Å². The molecule has 0 amide bonds. The van der Waals surface area contributed by atoms with Gasteiger partial charge in [-0.1, -0.05) is 34.1 Å². The van der Waals surface area contributed by atoms with Crippen LogP contribution >= 0.6 is 23.8 Å². The molecule has 176 valence electrons. The molecule has 4 N–H and O–H groups in total. The van der Waals surface area contributed by atoms with Crippen LogP contribution in [0.2, 0.25) is 0 Å². The number of imidazole rings is 1. The second kappa shape index (κ2) is 8.36. The Balaban J connectivity index is 1.39. The summed E-state index contributed by atoms with van der Waals surface area (Å²) in [5.74, 6) is 0.149. The van der Waals surface area contributed by atoms with Crippen molar-refractivity contribution < 1.29 is 33.1 Å².